The number of hydrogen-bond acceptors (Lipinski definition) is 2. The van der Waals surface area contributed by atoms with Gasteiger partial charge in [-0.15, -0.1) is 0 Å². The molecule has 0 bridgehead atoms. The third-order valence-corrected chi connectivity index (χ3v) is 3.50. The maximum Gasteiger partial charge on any atom is 0.254 e. The molecule has 1 N–H and O–H groups in total. The zero-order valence-electron chi connectivity index (χ0n) is 10.5. The van der Waals surface area contributed by atoms with Crippen molar-refractivity contribution < 1.29 is 9.18 Å². The van der Waals surface area contributed by atoms with Gasteiger partial charge >= 0.3 is 0 Å². The number of benzene rings is 1. The van der Waals surface area contributed by atoms with Crippen molar-refractivity contribution in [3.05, 3.63) is 63.1 Å². The molecule has 0 aliphatic carbocycles. The molecule has 1 unspecified atom stereocenters. The molecule has 20 heavy (non-hydrogen) atoms. The van der Waals surface area contributed by atoms with Crippen molar-refractivity contribution in [1.82, 2.24) is 10.3 Å². The van der Waals surface area contributed by atoms with E-state index in [1.807, 2.05) is 0 Å². The lowest BCUT2D eigenvalue weighted by atomic mass is 10.1. The van der Waals surface area contributed by atoms with Gasteiger partial charge in [0.1, 0.15) is 11.0 Å². The first-order valence-electron chi connectivity index (χ1n) is 5.85. The topological polar surface area (TPSA) is 42.0 Å². The summed E-state index contributed by atoms with van der Waals surface area (Å²) in [6.07, 6.45) is 1.50. The lowest BCUT2D eigenvalue weighted by molar-refractivity contribution is 0.0939. The van der Waals surface area contributed by atoms with Crippen LogP contribution in [0.5, 0.6) is 0 Å². The van der Waals surface area contributed by atoms with Crippen LogP contribution in [0.3, 0.4) is 0 Å². The van der Waals surface area contributed by atoms with Crippen LogP contribution >= 0.6 is 27.5 Å². The highest BCUT2D eigenvalue weighted by atomic mass is 79.9. The monoisotopic (exact) mass is 356 g/mol. The quantitative estimate of drug-likeness (QED) is 0.839. The van der Waals surface area contributed by atoms with Crippen molar-refractivity contribution in [3.63, 3.8) is 0 Å². The van der Waals surface area contributed by atoms with Crippen LogP contribution in [0.15, 0.2) is 41.0 Å². The number of rotatable bonds is 3. The summed E-state index contributed by atoms with van der Waals surface area (Å²) >= 11 is 9.11. The summed E-state index contributed by atoms with van der Waals surface area (Å²) in [6.45, 7) is 1.70. The Morgan fingerprint density at radius 1 is 1.45 bits per heavy atom. The van der Waals surface area contributed by atoms with Crippen LogP contribution in [0.1, 0.15) is 28.9 Å². The van der Waals surface area contributed by atoms with E-state index in [1.165, 1.54) is 12.3 Å². The second-order valence-electron chi connectivity index (χ2n) is 4.21. The Bertz CT molecular complexity index is 651. The van der Waals surface area contributed by atoms with Crippen LogP contribution in [-0.2, 0) is 0 Å². The summed E-state index contributed by atoms with van der Waals surface area (Å²) < 4.78 is 14.3. The van der Waals surface area contributed by atoms with Gasteiger partial charge < -0.3 is 5.32 Å². The van der Waals surface area contributed by atoms with E-state index in [-0.39, 0.29) is 16.5 Å². The third-order valence-electron chi connectivity index (χ3n) is 2.77. The van der Waals surface area contributed by atoms with Crippen molar-refractivity contribution in [2.24, 2.45) is 0 Å². The molecular formula is C14H11BrClFN2O. The zero-order valence-corrected chi connectivity index (χ0v) is 12.9. The normalized spacial score (nSPS) is 12.0. The highest BCUT2D eigenvalue weighted by Crippen LogP contribution is 2.20. The fourth-order valence-electron chi connectivity index (χ4n) is 1.76. The number of carbonyl (C=O) groups excluding carboxylic acids is 1. The molecule has 1 atom stereocenters. The van der Waals surface area contributed by atoms with Gasteiger partial charge in [-0.05, 0) is 35.0 Å². The number of amides is 1. The lowest BCUT2D eigenvalue weighted by Crippen LogP contribution is -2.27. The molecule has 0 saturated carbocycles. The van der Waals surface area contributed by atoms with Crippen molar-refractivity contribution in [3.8, 4) is 0 Å². The summed E-state index contributed by atoms with van der Waals surface area (Å²) in [6, 6.07) is 7.39. The van der Waals surface area contributed by atoms with Crippen molar-refractivity contribution in [1.29, 1.82) is 0 Å². The number of carbonyl (C=O) groups is 1. The van der Waals surface area contributed by atoms with Crippen LogP contribution in [0, 0.1) is 5.82 Å². The first-order valence-corrected chi connectivity index (χ1v) is 7.02. The molecule has 2 aromatic rings. The Balaban J connectivity index is 2.20. The van der Waals surface area contributed by atoms with E-state index in [0.29, 0.717) is 10.0 Å². The molecule has 0 fully saturated rings. The van der Waals surface area contributed by atoms with E-state index in [2.05, 4.69) is 26.2 Å². The van der Waals surface area contributed by atoms with Crippen molar-refractivity contribution >= 4 is 33.4 Å². The molecule has 3 nitrogen and oxygen atoms in total. The molecule has 0 aliphatic heterocycles. The minimum absolute atomic E-state index is 0.103. The number of nitrogens with one attached hydrogen (secondary N) is 1. The molecule has 6 heteroatoms. The molecule has 1 amide bonds. The Labute approximate surface area is 129 Å². The van der Waals surface area contributed by atoms with Crippen LogP contribution in [0.2, 0.25) is 5.15 Å². The van der Waals surface area contributed by atoms with Gasteiger partial charge in [-0.3, -0.25) is 4.79 Å². The number of pyridine rings is 1. The van der Waals surface area contributed by atoms with E-state index in [9.17, 15) is 9.18 Å². The zero-order chi connectivity index (χ0) is 14.7. The molecule has 0 spiro atoms. The number of halogens is 3. The van der Waals surface area contributed by atoms with E-state index >= 15 is 0 Å². The molecule has 1 heterocycles. The second kappa shape index (κ2) is 6.33. The summed E-state index contributed by atoms with van der Waals surface area (Å²) in [5, 5.41) is 2.80. The Kier molecular flexibility index (Phi) is 4.73. The van der Waals surface area contributed by atoms with Gasteiger partial charge in [0.15, 0.2) is 0 Å². The summed E-state index contributed by atoms with van der Waals surface area (Å²) in [4.78, 5) is 16.0. The van der Waals surface area contributed by atoms with E-state index in [1.54, 1.807) is 31.2 Å². The predicted molar refractivity (Wildman–Crippen MR) is 79.2 cm³/mol. The molecule has 0 saturated heterocycles. The molecule has 1 aromatic heterocycles. The van der Waals surface area contributed by atoms with Crippen LogP contribution in [-0.4, -0.2) is 10.9 Å². The molecule has 0 aliphatic rings. The number of hydrogen-bond donors (Lipinski definition) is 1. The van der Waals surface area contributed by atoms with Crippen molar-refractivity contribution in [2.75, 3.05) is 0 Å². The predicted octanol–water partition coefficient (Wildman–Crippen LogP) is 4.13. The van der Waals surface area contributed by atoms with Gasteiger partial charge in [-0.25, -0.2) is 9.37 Å². The van der Waals surface area contributed by atoms with Crippen LogP contribution < -0.4 is 5.32 Å². The summed E-state index contributed by atoms with van der Waals surface area (Å²) in [5.41, 5.74) is 0.657. The van der Waals surface area contributed by atoms with Gasteiger partial charge in [0.05, 0.1) is 11.6 Å². The van der Waals surface area contributed by atoms with Gasteiger partial charge in [0.2, 0.25) is 0 Å². The maximum absolute atomic E-state index is 13.6. The SMILES string of the molecule is CC(NC(=O)c1cc(Br)cnc1Cl)c1ccccc1F. The van der Waals surface area contributed by atoms with E-state index < -0.39 is 11.9 Å². The average molecular weight is 358 g/mol. The largest absolute Gasteiger partial charge is 0.345 e. The van der Waals surface area contributed by atoms with Gasteiger partial charge in [0, 0.05) is 16.2 Å². The third kappa shape index (κ3) is 3.35. The summed E-state index contributed by atoms with van der Waals surface area (Å²) in [7, 11) is 0. The fourth-order valence-corrected chi connectivity index (χ4v) is 2.28. The summed E-state index contributed by atoms with van der Waals surface area (Å²) in [5.74, 6) is -0.765. The van der Waals surface area contributed by atoms with Gasteiger partial charge in [-0.2, -0.15) is 0 Å². The first kappa shape index (κ1) is 14.9. The van der Waals surface area contributed by atoms with Crippen LogP contribution in [0.25, 0.3) is 0 Å². The van der Waals surface area contributed by atoms with Gasteiger partial charge in [-0.1, -0.05) is 29.8 Å². The fraction of sp³-hybridized carbons (Fsp3) is 0.143. The van der Waals surface area contributed by atoms with E-state index in [4.69, 9.17) is 11.6 Å². The second-order valence-corrected chi connectivity index (χ2v) is 5.48. The number of nitrogens with zero attached hydrogens (tertiary/aromatic N) is 1. The van der Waals surface area contributed by atoms with Crippen molar-refractivity contribution in [2.45, 2.75) is 13.0 Å². The Hall–Kier alpha value is -1.46. The Morgan fingerprint density at radius 2 is 2.15 bits per heavy atom. The highest BCUT2D eigenvalue weighted by Gasteiger charge is 2.17. The number of aromatic nitrogens is 1. The minimum Gasteiger partial charge on any atom is -0.345 e. The smallest absolute Gasteiger partial charge is 0.254 e. The molecule has 104 valence electrons. The standard InChI is InChI=1S/C14H11BrClFN2O/c1-8(10-4-2-3-5-12(10)17)19-14(20)11-6-9(15)7-18-13(11)16/h2-8H,1H3,(H,19,20). The van der Waals surface area contributed by atoms with Gasteiger partial charge in [0.25, 0.3) is 5.91 Å². The highest BCUT2D eigenvalue weighted by molar-refractivity contribution is 9.10. The molecular weight excluding hydrogens is 347 g/mol. The minimum atomic E-state index is -0.473. The van der Waals surface area contributed by atoms with E-state index in [0.717, 1.165) is 0 Å². The Morgan fingerprint density at radius 3 is 2.85 bits per heavy atom. The molecule has 0 radical (unpaired) electrons. The first-order chi connectivity index (χ1) is 9.49. The molecule has 1 aromatic carbocycles. The van der Waals surface area contributed by atoms with Crippen LogP contribution in [0.4, 0.5) is 4.39 Å². The molecule has 2 rings (SSSR count). The average Bonchev–Trinajstić information content (AvgIpc) is 2.41. The maximum atomic E-state index is 13.6. The lowest BCUT2D eigenvalue weighted by Gasteiger charge is -2.15.